The van der Waals surface area contributed by atoms with Crippen molar-refractivity contribution in [3.05, 3.63) is 46.5 Å². The summed E-state index contributed by atoms with van der Waals surface area (Å²) in [5.74, 6) is 0.711. The zero-order valence-corrected chi connectivity index (χ0v) is 17.0. The molecule has 0 fully saturated rings. The van der Waals surface area contributed by atoms with Gasteiger partial charge in [-0.2, -0.15) is 4.31 Å². The molecular weight excluding hydrogens is 388 g/mol. The molecule has 0 radical (unpaired) electrons. The molecule has 1 aromatic heterocycles. The molecule has 7 nitrogen and oxygen atoms in total. The smallest absolute Gasteiger partial charge is 0.244 e. The minimum Gasteiger partial charge on any atom is -0.349 e. The minimum atomic E-state index is -3.69. The Bertz CT molecular complexity index is 956. The van der Waals surface area contributed by atoms with Crippen LogP contribution in [0.1, 0.15) is 37.5 Å². The van der Waals surface area contributed by atoms with E-state index in [0.29, 0.717) is 32.5 Å². The molecule has 1 amide bonds. The van der Waals surface area contributed by atoms with E-state index in [1.165, 1.54) is 10.4 Å². The second-order valence-electron chi connectivity index (χ2n) is 6.31. The first-order valence-electron chi connectivity index (χ1n) is 8.97. The number of carbonyl (C=O) groups is 1. The quantitative estimate of drug-likeness (QED) is 0.792. The topological polar surface area (TPSA) is 84.3 Å². The van der Waals surface area contributed by atoms with E-state index >= 15 is 0 Å². The molecule has 0 spiro atoms. The maximum absolute atomic E-state index is 13.0. The van der Waals surface area contributed by atoms with E-state index in [2.05, 4.69) is 10.3 Å². The molecule has 0 atom stereocenters. The largest absolute Gasteiger partial charge is 0.349 e. The van der Waals surface area contributed by atoms with Gasteiger partial charge >= 0.3 is 0 Å². The predicted molar refractivity (Wildman–Crippen MR) is 103 cm³/mol. The van der Waals surface area contributed by atoms with Crippen LogP contribution in [0.4, 0.5) is 0 Å². The van der Waals surface area contributed by atoms with E-state index in [-0.39, 0.29) is 22.4 Å². The van der Waals surface area contributed by atoms with Crippen LogP contribution in [0.15, 0.2) is 29.2 Å². The van der Waals surface area contributed by atoms with Crippen molar-refractivity contribution >= 4 is 27.5 Å². The number of nitrogens with one attached hydrogen (secondary N) is 1. The fourth-order valence-electron chi connectivity index (χ4n) is 3.25. The van der Waals surface area contributed by atoms with Gasteiger partial charge in [0.05, 0.1) is 29.5 Å². The van der Waals surface area contributed by atoms with Gasteiger partial charge in [0.1, 0.15) is 10.7 Å². The number of hydrogen-bond acceptors (Lipinski definition) is 4. The zero-order valence-electron chi connectivity index (χ0n) is 15.4. The summed E-state index contributed by atoms with van der Waals surface area (Å²) >= 11 is 6.11. The first kappa shape index (κ1) is 19.9. The van der Waals surface area contributed by atoms with Crippen molar-refractivity contribution in [1.82, 2.24) is 19.2 Å². The highest BCUT2D eigenvalue weighted by molar-refractivity contribution is 7.89. The second-order valence-corrected chi connectivity index (χ2v) is 8.63. The highest BCUT2D eigenvalue weighted by atomic mass is 35.5. The Labute approximate surface area is 164 Å². The number of hydrogen-bond donors (Lipinski definition) is 1. The van der Waals surface area contributed by atoms with Crippen molar-refractivity contribution in [3.63, 3.8) is 0 Å². The summed E-state index contributed by atoms with van der Waals surface area (Å²) in [6.45, 7) is 5.36. The Hall–Kier alpha value is -1.90. The van der Waals surface area contributed by atoms with Gasteiger partial charge in [-0.15, -0.1) is 0 Å². The Morgan fingerprint density at radius 2 is 2.04 bits per heavy atom. The van der Waals surface area contributed by atoms with Crippen molar-refractivity contribution in [2.75, 3.05) is 6.54 Å². The zero-order chi connectivity index (χ0) is 19.6. The summed E-state index contributed by atoms with van der Waals surface area (Å²) in [4.78, 5) is 16.3. The molecule has 146 valence electrons. The van der Waals surface area contributed by atoms with Crippen LogP contribution in [-0.4, -0.2) is 34.7 Å². The molecule has 0 aliphatic carbocycles. The number of rotatable bonds is 6. The highest BCUT2D eigenvalue weighted by Gasteiger charge is 2.32. The average Bonchev–Trinajstić information content (AvgIpc) is 3.02. The standard InChI is InChI=1S/C18H23ClN4O3S/c1-3-18(24)20-11-17-21-14-9-10-22(12-15(14)23(17)4-2)27(25,26)16-8-6-5-7-13(16)19/h5-8H,3-4,9-12H2,1-2H3,(H,20,24). The number of imidazole rings is 1. The Kier molecular flexibility index (Phi) is 5.88. The molecule has 9 heteroatoms. The van der Waals surface area contributed by atoms with Crippen LogP contribution in [-0.2, 0) is 40.9 Å². The van der Waals surface area contributed by atoms with Gasteiger partial charge in [-0.1, -0.05) is 30.7 Å². The molecule has 0 unspecified atom stereocenters. The number of benzene rings is 1. The number of aromatic nitrogens is 2. The van der Waals surface area contributed by atoms with Crippen molar-refractivity contribution in [3.8, 4) is 0 Å². The van der Waals surface area contributed by atoms with E-state index in [0.717, 1.165) is 17.2 Å². The third-order valence-corrected chi connectivity index (χ3v) is 7.04. The van der Waals surface area contributed by atoms with E-state index in [4.69, 9.17) is 11.6 Å². The Morgan fingerprint density at radius 1 is 1.30 bits per heavy atom. The summed E-state index contributed by atoms with van der Waals surface area (Å²) in [7, 11) is -3.69. The summed E-state index contributed by atoms with van der Waals surface area (Å²) < 4.78 is 29.5. The maximum atomic E-state index is 13.0. The molecule has 1 aliphatic rings. The number of carbonyl (C=O) groups excluding carboxylic acids is 1. The SMILES string of the molecule is CCC(=O)NCc1nc2c(n1CC)CN(S(=O)(=O)c1ccccc1Cl)CC2. The lowest BCUT2D eigenvalue weighted by atomic mass is 10.2. The molecule has 0 saturated carbocycles. The predicted octanol–water partition coefficient (Wildman–Crippen LogP) is 2.33. The summed E-state index contributed by atoms with van der Waals surface area (Å²) in [5, 5.41) is 3.05. The van der Waals surface area contributed by atoms with E-state index in [1.54, 1.807) is 25.1 Å². The van der Waals surface area contributed by atoms with Crippen molar-refractivity contribution < 1.29 is 13.2 Å². The maximum Gasteiger partial charge on any atom is 0.244 e. The van der Waals surface area contributed by atoms with E-state index < -0.39 is 10.0 Å². The molecule has 3 rings (SSSR count). The normalized spacial score (nSPS) is 14.8. The Morgan fingerprint density at radius 3 is 2.70 bits per heavy atom. The highest BCUT2D eigenvalue weighted by Crippen LogP contribution is 2.29. The summed E-state index contributed by atoms with van der Waals surface area (Å²) in [6, 6.07) is 6.47. The number of fused-ring (bicyclic) bond motifs is 1. The molecule has 2 aromatic rings. The fraction of sp³-hybridized carbons (Fsp3) is 0.444. The molecule has 1 aliphatic heterocycles. The first-order valence-corrected chi connectivity index (χ1v) is 10.8. The van der Waals surface area contributed by atoms with Crippen LogP contribution >= 0.6 is 11.6 Å². The van der Waals surface area contributed by atoms with Crippen LogP contribution in [0, 0.1) is 0 Å². The van der Waals surface area contributed by atoms with Crippen molar-refractivity contribution in [1.29, 1.82) is 0 Å². The molecule has 27 heavy (non-hydrogen) atoms. The second kappa shape index (κ2) is 8.00. The number of amides is 1. The molecule has 0 saturated heterocycles. The monoisotopic (exact) mass is 410 g/mol. The molecule has 1 aromatic carbocycles. The van der Waals surface area contributed by atoms with Gasteiger partial charge in [0.25, 0.3) is 0 Å². The molecule has 2 heterocycles. The van der Waals surface area contributed by atoms with Crippen molar-refractivity contribution in [2.24, 2.45) is 0 Å². The minimum absolute atomic E-state index is 0.0402. The van der Waals surface area contributed by atoms with Crippen LogP contribution in [0.25, 0.3) is 0 Å². The lowest BCUT2D eigenvalue weighted by Crippen LogP contribution is -2.37. The average molecular weight is 411 g/mol. The van der Waals surface area contributed by atoms with E-state index in [1.807, 2.05) is 11.5 Å². The Balaban J connectivity index is 1.89. The number of halogens is 1. The van der Waals surface area contributed by atoms with Gasteiger partial charge in [-0.3, -0.25) is 4.79 Å². The van der Waals surface area contributed by atoms with Gasteiger partial charge < -0.3 is 9.88 Å². The lowest BCUT2D eigenvalue weighted by Gasteiger charge is -2.27. The van der Waals surface area contributed by atoms with Crippen LogP contribution in [0.2, 0.25) is 5.02 Å². The van der Waals surface area contributed by atoms with Gasteiger partial charge in [0, 0.05) is 25.9 Å². The summed E-state index contributed by atoms with van der Waals surface area (Å²) in [6.07, 6.45) is 0.942. The van der Waals surface area contributed by atoms with Crippen LogP contribution in [0.3, 0.4) is 0 Å². The van der Waals surface area contributed by atoms with Gasteiger partial charge in [0.15, 0.2) is 0 Å². The summed E-state index contributed by atoms with van der Waals surface area (Å²) in [5.41, 5.74) is 1.77. The lowest BCUT2D eigenvalue weighted by molar-refractivity contribution is -0.120. The van der Waals surface area contributed by atoms with Crippen LogP contribution in [0.5, 0.6) is 0 Å². The van der Waals surface area contributed by atoms with Gasteiger partial charge in [-0.25, -0.2) is 13.4 Å². The molecule has 0 bridgehead atoms. The van der Waals surface area contributed by atoms with Crippen molar-refractivity contribution in [2.45, 2.75) is 51.2 Å². The van der Waals surface area contributed by atoms with Gasteiger partial charge in [0.2, 0.25) is 15.9 Å². The van der Waals surface area contributed by atoms with Gasteiger partial charge in [-0.05, 0) is 19.1 Å². The number of sulfonamides is 1. The van der Waals surface area contributed by atoms with Crippen LogP contribution < -0.4 is 5.32 Å². The third-order valence-electron chi connectivity index (χ3n) is 4.69. The number of nitrogens with zero attached hydrogens (tertiary/aromatic N) is 3. The third kappa shape index (κ3) is 3.88. The first-order chi connectivity index (χ1) is 12.9. The molecule has 1 N–H and O–H groups in total. The van der Waals surface area contributed by atoms with E-state index in [9.17, 15) is 13.2 Å². The molecular formula is C18H23ClN4O3S. The fourth-order valence-corrected chi connectivity index (χ4v) is 5.15.